The molecule has 0 radical (unpaired) electrons. The van der Waals surface area contributed by atoms with Gasteiger partial charge in [0.25, 0.3) is 0 Å². The summed E-state index contributed by atoms with van der Waals surface area (Å²) in [6.07, 6.45) is 1.01. The van der Waals surface area contributed by atoms with E-state index in [9.17, 15) is 0 Å². The molecule has 4 aromatic rings. The zero-order chi connectivity index (χ0) is 16.5. The Morgan fingerprint density at radius 2 is 1.25 bits per heavy atom. The summed E-state index contributed by atoms with van der Waals surface area (Å²) in [4.78, 5) is 0. The molecule has 24 heavy (non-hydrogen) atoms. The SMILES string of the molecule is OB(O)CCc1ccc(-n2c3ccccc3c3ccccc32)cc1. The second kappa shape index (κ2) is 6.15. The fourth-order valence-electron chi connectivity index (χ4n) is 3.31. The lowest BCUT2D eigenvalue weighted by Gasteiger charge is -2.09. The lowest BCUT2D eigenvalue weighted by Crippen LogP contribution is -2.11. The number of hydrogen-bond donors (Lipinski definition) is 2. The molecule has 4 rings (SSSR count). The number of para-hydroxylation sites is 2. The minimum Gasteiger partial charge on any atom is -0.427 e. The highest BCUT2D eigenvalue weighted by molar-refractivity contribution is 6.41. The van der Waals surface area contributed by atoms with Gasteiger partial charge in [0.05, 0.1) is 11.0 Å². The van der Waals surface area contributed by atoms with Gasteiger partial charge in [0.15, 0.2) is 0 Å². The fourth-order valence-corrected chi connectivity index (χ4v) is 3.31. The van der Waals surface area contributed by atoms with Crippen LogP contribution in [-0.4, -0.2) is 21.7 Å². The molecule has 4 heteroatoms. The van der Waals surface area contributed by atoms with Gasteiger partial charge < -0.3 is 14.6 Å². The maximum absolute atomic E-state index is 9.01. The number of aromatic nitrogens is 1. The highest BCUT2D eigenvalue weighted by Crippen LogP contribution is 2.31. The zero-order valence-electron chi connectivity index (χ0n) is 13.3. The van der Waals surface area contributed by atoms with Gasteiger partial charge in [0, 0.05) is 16.5 Å². The summed E-state index contributed by atoms with van der Waals surface area (Å²) in [5.41, 5.74) is 4.60. The van der Waals surface area contributed by atoms with Gasteiger partial charge in [-0.3, -0.25) is 0 Å². The first-order valence-corrected chi connectivity index (χ1v) is 8.18. The molecule has 0 saturated heterocycles. The van der Waals surface area contributed by atoms with Crippen LogP contribution in [0.2, 0.25) is 6.32 Å². The zero-order valence-corrected chi connectivity index (χ0v) is 13.3. The highest BCUT2D eigenvalue weighted by Gasteiger charge is 2.11. The molecule has 0 unspecified atom stereocenters. The first-order valence-electron chi connectivity index (χ1n) is 8.18. The van der Waals surface area contributed by atoms with Crippen LogP contribution >= 0.6 is 0 Å². The second-order valence-electron chi connectivity index (χ2n) is 6.06. The minimum absolute atomic E-state index is 0.356. The van der Waals surface area contributed by atoms with E-state index in [-0.39, 0.29) is 0 Å². The predicted octanol–water partition coefficient (Wildman–Crippen LogP) is 3.80. The van der Waals surface area contributed by atoms with Crippen LogP contribution < -0.4 is 0 Å². The normalized spacial score (nSPS) is 11.2. The molecule has 3 nitrogen and oxygen atoms in total. The van der Waals surface area contributed by atoms with E-state index in [1.54, 1.807) is 0 Å². The van der Waals surface area contributed by atoms with Crippen LogP contribution in [0.3, 0.4) is 0 Å². The van der Waals surface area contributed by atoms with E-state index in [1.165, 1.54) is 21.8 Å². The largest absolute Gasteiger partial charge is 0.451 e. The van der Waals surface area contributed by atoms with Crippen molar-refractivity contribution in [1.29, 1.82) is 0 Å². The molecule has 0 aliphatic rings. The van der Waals surface area contributed by atoms with Crippen molar-refractivity contribution in [3.05, 3.63) is 78.4 Å². The highest BCUT2D eigenvalue weighted by atomic mass is 16.4. The molecular weight excluding hydrogens is 297 g/mol. The summed E-state index contributed by atoms with van der Waals surface area (Å²) in [5.74, 6) is 0. The number of nitrogens with zero attached hydrogens (tertiary/aromatic N) is 1. The summed E-state index contributed by atoms with van der Waals surface area (Å²) in [7, 11) is -1.25. The third-order valence-corrected chi connectivity index (χ3v) is 4.47. The number of aryl methyl sites for hydroxylation is 1. The molecule has 3 aromatic carbocycles. The molecular formula is C20H18BNO2. The quantitative estimate of drug-likeness (QED) is 0.563. The number of hydrogen-bond acceptors (Lipinski definition) is 2. The molecule has 1 aromatic heterocycles. The molecule has 0 saturated carbocycles. The maximum Gasteiger partial charge on any atom is 0.451 e. The van der Waals surface area contributed by atoms with Crippen molar-refractivity contribution in [3.63, 3.8) is 0 Å². The van der Waals surface area contributed by atoms with Crippen molar-refractivity contribution in [3.8, 4) is 5.69 Å². The lowest BCUT2D eigenvalue weighted by atomic mass is 9.83. The Hall–Kier alpha value is -2.56. The average molecular weight is 315 g/mol. The van der Waals surface area contributed by atoms with Crippen molar-refractivity contribution in [2.75, 3.05) is 0 Å². The molecule has 118 valence electrons. The van der Waals surface area contributed by atoms with E-state index in [4.69, 9.17) is 10.0 Å². The van der Waals surface area contributed by atoms with E-state index in [0.29, 0.717) is 12.7 Å². The van der Waals surface area contributed by atoms with E-state index >= 15 is 0 Å². The van der Waals surface area contributed by atoms with E-state index < -0.39 is 7.12 Å². The standard InChI is InChI=1S/C20H18BNO2/c23-21(24)14-13-15-9-11-16(12-10-15)22-19-7-3-1-5-17(19)18-6-2-4-8-20(18)22/h1-12,23-24H,13-14H2. The minimum atomic E-state index is -1.25. The summed E-state index contributed by atoms with van der Waals surface area (Å²) < 4.78 is 2.27. The van der Waals surface area contributed by atoms with Gasteiger partial charge in [-0.2, -0.15) is 0 Å². The Balaban J connectivity index is 1.83. The van der Waals surface area contributed by atoms with Crippen LogP contribution in [0.5, 0.6) is 0 Å². The Kier molecular flexibility index (Phi) is 3.85. The van der Waals surface area contributed by atoms with Crippen molar-refractivity contribution in [2.24, 2.45) is 0 Å². The van der Waals surface area contributed by atoms with Crippen molar-refractivity contribution in [1.82, 2.24) is 4.57 Å². The smallest absolute Gasteiger partial charge is 0.427 e. The van der Waals surface area contributed by atoms with Crippen LogP contribution in [0.1, 0.15) is 5.56 Å². The van der Waals surface area contributed by atoms with Crippen LogP contribution in [0.4, 0.5) is 0 Å². The second-order valence-corrected chi connectivity index (χ2v) is 6.06. The molecule has 0 fully saturated rings. The van der Waals surface area contributed by atoms with Crippen LogP contribution in [0.15, 0.2) is 72.8 Å². The van der Waals surface area contributed by atoms with Gasteiger partial charge >= 0.3 is 7.12 Å². The van der Waals surface area contributed by atoms with E-state index in [1.807, 2.05) is 0 Å². The summed E-state index contributed by atoms with van der Waals surface area (Å²) in [6.45, 7) is 0. The maximum atomic E-state index is 9.01. The third-order valence-electron chi connectivity index (χ3n) is 4.47. The van der Waals surface area contributed by atoms with E-state index in [0.717, 1.165) is 11.3 Å². The monoisotopic (exact) mass is 315 g/mol. The molecule has 0 bridgehead atoms. The first kappa shape index (κ1) is 15.0. The Bertz CT molecular complexity index is 936. The third kappa shape index (κ3) is 2.60. The van der Waals surface area contributed by atoms with Gasteiger partial charge in [0.1, 0.15) is 0 Å². The molecule has 0 aliphatic carbocycles. The number of rotatable bonds is 4. The van der Waals surface area contributed by atoms with Gasteiger partial charge in [-0.1, -0.05) is 48.5 Å². The molecule has 2 N–H and O–H groups in total. The van der Waals surface area contributed by atoms with Crippen molar-refractivity contribution < 1.29 is 10.0 Å². The molecule has 0 amide bonds. The fraction of sp³-hybridized carbons (Fsp3) is 0.100. The molecule has 0 atom stereocenters. The Morgan fingerprint density at radius 3 is 1.79 bits per heavy atom. The van der Waals surface area contributed by atoms with Crippen molar-refractivity contribution >= 4 is 28.9 Å². The van der Waals surface area contributed by atoms with Gasteiger partial charge in [-0.25, -0.2) is 0 Å². The Morgan fingerprint density at radius 1 is 0.708 bits per heavy atom. The predicted molar refractivity (Wildman–Crippen MR) is 99.5 cm³/mol. The summed E-state index contributed by atoms with van der Waals surface area (Å²) in [6, 6.07) is 25.2. The average Bonchev–Trinajstić information content (AvgIpc) is 2.95. The van der Waals surface area contributed by atoms with Gasteiger partial charge in [0.2, 0.25) is 0 Å². The summed E-state index contributed by atoms with van der Waals surface area (Å²) >= 11 is 0. The van der Waals surface area contributed by atoms with Gasteiger partial charge in [-0.15, -0.1) is 0 Å². The topological polar surface area (TPSA) is 45.4 Å². The van der Waals surface area contributed by atoms with Crippen LogP contribution in [-0.2, 0) is 6.42 Å². The Labute approximate surface area is 140 Å². The number of fused-ring (bicyclic) bond motifs is 3. The number of benzene rings is 3. The van der Waals surface area contributed by atoms with Crippen LogP contribution in [0.25, 0.3) is 27.5 Å². The van der Waals surface area contributed by atoms with Gasteiger partial charge in [-0.05, 0) is 42.6 Å². The lowest BCUT2D eigenvalue weighted by molar-refractivity contribution is 0.405. The first-order chi connectivity index (χ1) is 11.7. The van der Waals surface area contributed by atoms with Crippen molar-refractivity contribution in [2.45, 2.75) is 12.7 Å². The van der Waals surface area contributed by atoms with Crippen LogP contribution in [0, 0.1) is 0 Å². The van der Waals surface area contributed by atoms with E-state index in [2.05, 4.69) is 77.4 Å². The molecule has 1 heterocycles. The summed E-state index contributed by atoms with van der Waals surface area (Å²) in [5, 5.41) is 20.5. The molecule has 0 spiro atoms. The molecule has 0 aliphatic heterocycles.